The van der Waals surface area contributed by atoms with E-state index in [1.807, 2.05) is 12.1 Å². The third-order valence-electron chi connectivity index (χ3n) is 3.32. The Bertz CT molecular complexity index is 363. The molecule has 3 heteroatoms. The third-order valence-corrected chi connectivity index (χ3v) is 3.32. The second-order valence-corrected chi connectivity index (χ2v) is 6.49. The average Bonchev–Trinajstić information content (AvgIpc) is 2.30. The van der Waals surface area contributed by atoms with Gasteiger partial charge in [-0.1, -0.05) is 26.0 Å². The number of nitrogens with zero attached hydrogens (tertiary/aromatic N) is 1. The smallest absolute Gasteiger partial charge is 0.123 e. The minimum absolute atomic E-state index is 0.167. The highest BCUT2D eigenvalue weighted by atomic mass is 19.1. The first kappa shape index (κ1) is 17.1. The molecule has 0 saturated heterocycles. The van der Waals surface area contributed by atoms with Crippen LogP contribution in [0.4, 0.5) is 4.39 Å². The van der Waals surface area contributed by atoms with Crippen molar-refractivity contribution in [3.63, 3.8) is 0 Å². The van der Waals surface area contributed by atoms with Crippen molar-refractivity contribution < 1.29 is 4.39 Å². The fraction of sp³-hybridized carbons (Fsp3) is 0.647. The number of hydrogen-bond donors (Lipinski definition) is 1. The number of benzene rings is 1. The predicted octanol–water partition coefficient (Wildman–Crippen LogP) is 3.32. The van der Waals surface area contributed by atoms with E-state index in [1.54, 1.807) is 0 Å². The Balaban J connectivity index is 2.51. The summed E-state index contributed by atoms with van der Waals surface area (Å²) in [7, 11) is 4.22. The van der Waals surface area contributed by atoms with Crippen molar-refractivity contribution in [1.82, 2.24) is 10.2 Å². The first-order valence-corrected chi connectivity index (χ1v) is 7.52. The van der Waals surface area contributed by atoms with Crippen LogP contribution in [0.15, 0.2) is 24.3 Å². The summed E-state index contributed by atoms with van der Waals surface area (Å²) in [6.45, 7) is 7.77. The van der Waals surface area contributed by atoms with Gasteiger partial charge in [-0.15, -0.1) is 0 Å². The summed E-state index contributed by atoms with van der Waals surface area (Å²) >= 11 is 0. The van der Waals surface area contributed by atoms with E-state index < -0.39 is 0 Å². The summed E-state index contributed by atoms with van der Waals surface area (Å²) in [5.74, 6) is 0.519. The number of halogens is 1. The Hall–Kier alpha value is -0.930. The highest BCUT2D eigenvalue weighted by Gasteiger charge is 2.15. The van der Waals surface area contributed by atoms with Gasteiger partial charge in [0.25, 0.3) is 0 Å². The average molecular weight is 280 g/mol. The SMILES string of the molecule is CC(C)CC(CN(C)C)NC(C)Cc1ccc(F)cc1. The first-order valence-electron chi connectivity index (χ1n) is 7.52. The normalized spacial score (nSPS) is 14.8. The maximum absolute atomic E-state index is 12.9. The predicted molar refractivity (Wildman–Crippen MR) is 84.5 cm³/mol. The van der Waals surface area contributed by atoms with Crippen molar-refractivity contribution in [1.29, 1.82) is 0 Å². The largest absolute Gasteiger partial charge is 0.310 e. The fourth-order valence-corrected chi connectivity index (χ4v) is 2.64. The molecule has 0 amide bonds. The number of nitrogens with one attached hydrogen (secondary N) is 1. The highest BCUT2D eigenvalue weighted by Crippen LogP contribution is 2.10. The fourth-order valence-electron chi connectivity index (χ4n) is 2.64. The van der Waals surface area contributed by atoms with Crippen molar-refractivity contribution in [3.8, 4) is 0 Å². The maximum Gasteiger partial charge on any atom is 0.123 e. The molecule has 0 spiro atoms. The molecule has 2 nitrogen and oxygen atoms in total. The standard InChI is InChI=1S/C17H29FN2/c1-13(2)10-17(12-20(4)5)19-14(3)11-15-6-8-16(18)9-7-15/h6-9,13-14,17,19H,10-12H2,1-5H3. The lowest BCUT2D eigenvalue weighted by Crippen LogP contribution is -2.44. The molecule has 0 aliphatic carbocycles. The molecule has 114 valence electrons. The van der Waals surface area contributed by atoms with Gasteiger partial charge in [-0.25, -0.2) is 4.39 Å². The first-order chi connectivity index (χ1) is 9.36. The molecule has 2 atom stereocenters. The molecule has 2 unspecified atom stereocenters. The monoisotopic (exact) mass is 280 g/mol. The van der Waals surface area contributed by atoms with Gasteiger partial charge in [-0.05, 0) is 57.5 Å². The number of rotatable bonds is 8. The number of hydrogen-bond acceptors (Lipinski definition) is 2. The molecule has 1 aromatic rings. The van der Waals surface area contributed by atoms with Crippen molar-refractivity contribution in [2.24, 2.45) is 5.92 Å². The lowest BCUT2D eigenvalue weighted by molar-refractivity contribution is 0.289. The van der Waals surface area contributed by atoms with Crippen LogP contribution in [0.3, 0.4) is 0 Å². The van der Waals surface area contributed by atoms with E-state index >= 15 is 0 Å². The minimum atomic E-state index is -0.167. The quantitative estimate of drug-likeness (QED) is 0.786. The van der Waals surface area contributed by atoms with E-state index in [2.05, 4.69) is 45.1 Å². The van der Waals surface area contributed by atoms with Crippen LogP contribution in [-0.4, -0.2) is 37.6 Å². The van der Waals surface area contributed by atoms with Gasteiger partial charge in [0.05, 0.1) is 0 Å². The Kier molecular flexibility index (Phi) is 7.17. The van der Waals surface area contributed by atoms with Crippen molar-refractivity contribution in [2.45, 2.75) is 45.7 Å². The zero-order valence-corrected chi connectivity index (χ0v) is 13.5. The van der Waals surface area contributed by atoms with Gasteiger partial charge in [-0.3, -0.25) is 0 Å². The van der Waals surface area contributed by atoms with Gasteiger partial charge in [0.2, 0.25) is 0 Å². The Morgan fingerprint density at radius 2 is 1.70 bits per heavy atom. The van der Waals surface area contributed by atoms with Crippen molar-refractivity contribution in [3.05, 3.63) is 35.6 Å². The summed E-state index contributed by atoms with van der Waals surface area (Å²) in [5, 5.41) is 3.71. The molecule has 0 aliphatic rings. The van der Waals surface area contributed by atoms with E-state index in [9.17, 15) is 4.39 Å². The third kappa shape index (κ3) is 7.01. The molecule has 0 aromatic heterocycles. The molecule has 0 aliphatic heterocycles. The molecule has 0 fully saturated rings. The zero-order valence-electron chi connectivity index (χ0n) is 13.5. The van der Waals surface area contributed by atoms with Crippen LogP contribution < -0.4 is 5.32 Å². The summed E-state index contributed by atoms with van der Waals surface area (Å²) in [5.41, 5.74) is 1.18. The number of likely N-dealkylation sites (N-methyl/N-ethyl adjacent to an activating group) is 1. The summed E-state index contributed by atoms with van der Waals surface area (Å²) in [4.78, 5) is 2.23. The van der Waals surface area contributed by atoms with E-state index in [4.69, 9.17) is 0 Å². The van der Waals surface area contributed by atoms with Crippen LogP contribution in [0, 0.1) is 11.7 Å². The molecular formula is C17H29FN2. The van der Waals surface area contributed by atoms with Crippen LogP contribution in [0.1, 0.15) is 32.8 Å². The molecule has 0 heterocycles. The van der Waals surface area contributed by atoms with Gasteiger partial charge in [0.1, 0.15) is 5.82 Å². The topological polar surface area (TPSA) is 15.3 Å². The van der Waals surface area contributed by atoms with Gasteiger partial charge in [0, 0.05) is 18.6 Å². The summed E-state index contributed by atoms with van der Waals surface area (Å²) in [6.07, 6.45) is 2.11. The van der Waals surface area contributed by atoms with Gasteiger partial charge in [0.15, 0.2) is 0 Å². The lowest BCUT2D eigenvalue weighted by Gasteiger charge is -2.27. The van der Waals surface area contributed by atoms with Crippen LogP contribution >= 0.6 is 0 Å². The van der Waals surface area contributed by atoms with E-state index in [0.717, 1.165) is 13.0 Å². The maximum atomic E-state index is 12.9. The second-order valence-electron chi connectivity index (χ2n) is 6.49. The summed E-state index contributed by atoms with van der Waals surface area (Å²) in [6, 6.07) is 7.71. The summed E-state index contributed by atoms with van der Waals surface area (Å²) < 4.78 is 12.9. The van der Waals surface area contributed by atoms with E-state index in [0.29, 0.717) is 18.0 Å². The van der Waals surface area contributed by atoms with E-state index in [-0.39, 0.29) is 5.82 Å². The van der Waals surface area contributed by atoms with Gasteiger partial charge in [-0.2, -0.15) is 0 Å². The van der Waals surface area contributed by atoms with Crippen LogP contribution in [0.5, 0.6) is 0 Å². The molecular weight excluding hydrogens is 251 g/mol. The molecule has 1 N–H and O–H groups in total. The molecule has 1 aromatic carbocycles. The van der Waals surface area contributed by atoms with Crippen molar-refractivity contribution in [2.75, 3.05) is 20.6 Å². The Morgan fingerprint density at radius 3 is 2.20 bits per heavy atom. The Labute approximate surface area is 123 Å². The highest BCUT2D eigenvalue weighted by molar-refractivity contribution is 5.17. The molecule has 1 rings (SSSR count). The molecule has 20 heavy (non-hydrogen) atoms. The van der Waals surface area contributed by atoms with Crippen LogP contribution in [-0.2, 0) is 6.42 Å². The molecule has 0 radical (unpaired) electrons. The van der Waals surface area contributed by atoms with Gasteiger partial charge >= 0.3 is 0 Å². The molecule has 0 saturated carbocycles. The van der Waals surface area contributed by atoms with Crippen LogP contribution in [0.2, 0.25) is 0 Å². The minimum Gasteiger partial charge on any atom is -0.310 e. The molecule has 0 bridgehead atoms. The van der Waals surface area contributed by atoms with E-state index in [1.165, 1.54) is 24.1 Å². The second kappa shape index (κ2) is 8.38. The lowest BCUT2D eigenvalue weighted by atomic mass is 10.0. The van der Waals surface area contributed by atoms with Crippen molar-refractivity contribution >= 4 is 0 Å². The van der Waals surface area contributed by atoms with Gasteiger partial charge < -0.3 is 10.2 Å². The van der Waals surface area contributed by atoms with Crippen LogP contribution in [0.25, 0.3) is 0 Å². The Morgan fingerprint density at radius 1 is 1.10 bits per heavy atom. The zero-order chi connectivity index (χ0) is 15.1.